The quantitative estimate of drug-likeness (QED) is 0.171. The van der Waals surface area contributed by atoms with Crippen molar-refractivity contribution in [1.82, 2.24) is 4.98 Å². The Bertz CT molecular complexity index is 2960. The molecule has 0 atom stereocenters. The van der Waals surface area contributed by atoms with Crippen LogP contribution >= 0.6 is 0 Å². The monoisotopic (exact) mass is 713 g/mol. The third kappa shape index (κ3) is 4.93. The third-order valence-electron chi connectivity index (χ3n) is 11.6. The summed E-state index contributed by atoms with van der Waals surface area (Å²) in [5.74, 6) is 0. The van der Waals surface area contributed by atoms with Gasteiger partial charge in [-0.1, -0.05) is 182 Å². The smallest absolute Gasteiger partial charge is 0.143 e. The normalized spacial score (nSPS) is 12.8. The van der Waals surface area contributed by atoms with Crippen molar-refractivity contribution in [3.8, 4) is 55.9 Å². The number of hydrogen-bond acceptors (Lipinski definition) is 2. The number of furan rings is 1. The summed E-state index contributed by atoms with van der Waals surface area (Å²) < 4.78 is 6.76. The van der Waals surface area contributed by atoms with Gasteiger partial charge in [-0.15, -0.1) is 0 Å². The standard InChI is InChI=1S/C54H35NO/c1-5-18-36(19-6-1)38-32-50(37-20-7-2-8-21-37)55-51(33-38)47-35-49-46(34-45(47)44-29-17-28-43-42-27-14-16-31-52(42)56-53(43)44)41-26-13-15-30-48(41)54(49,39-22-9-3-10-23-39)40-24-11-4-12-25-40/h1-35H. The van der Waals surface area contributed by atoms with E-state index in [2.05, 4.69) is 206 Å². The Kier molecular flexibility index (Phi) is 7.43. The molecule has 2 heteroatoms. The molecule has 2 heterocycles. The van der Waals surface area contributed by atoms with E-state index in [0.29, 0.717) is 0 Å². The number of nitrogens with zero attached hydrogens (tertiary/aromatic N) is 1. The summed E-state index contributed by atoms with van der Waals surface area (Å²) in [6.45, 7) is 0. The van der Waals surface area contributed by atoms with Crippen molar-refractivity contribution in [3.63, 3.8) is 0 Å². The Hall–Kier alpha value is -7.29. The van der Waals surface area contributed by atoms with Gasteiger partial charge in [-0.25, -0.2) is 4.98 Å². The van der Waals surface area contributed by atoms with E-state index in [1.165, 1.54) is 33.4 Å². The second-order valence-corrected chi connectivity index (χ2v) is 14.6. The van der Waals surface area contributed by atoms with E-state index in [1.54, 1.807) is 0 Å². The van der Waals surface area contributed by atoms with Gasteiger partial charge in [-0.2, -0.15) is 0 Å². The number of pyridine rings is 1. The van der Waals surface area contributed by atoms with E-state index in [4.69, 9.17) is 9.40 Å². The van der Waals surface area contributed by atoms with Crippen LogP contribution in [0.3, 0.4) is 0 Å². The molecule has 0 fully saturated rings. The lowest BCUT2D eigenvalue weighted by Crippen LogP contribution is -2.28. The fourth-order valence-corrected chi connectivity index (χ4v) is 9.10. The Balaban J connectivity index is 1.29. The molecule has 0 amide bonds. The van der Waals surface area contributed by atoms with Crippen molar-refractivity contribution < 1.29 is 4.42 Å². The van der Waals surface area contributed by atoms with Gasteiger partial charge in [-0.05, 0) is 80.4 Å². The van der Waals surface area contributed by atoms with Gasteiger partial charge in [0.1, 0.15) is 11.2 Å². The van der Waals surface area contributed by atoms with Crippen LogP contribution in [-0.4, -0.2) is 4.98 Å². The van der Waals surface area contributed by atoms with Gasteiger partial charge in [0.05, 0.1) is 16.8 Å². The maximum atomic E-state index is 6.76. The van der Waals surface area contributed by atoms with E-state index in [1.807, 2.05) is 6.07 Å². The van der Waals surface area contributed by atoms with Gasteiger partial charge in [0.2, 0.25) is 0 Å². The van der Waals surface area contributed by atoms with E-state index < -0.39 is 5.41 Å². The number of aromatic nitrogens is 1. The minimum atomic E-state index is -0.563. The van der Waals surface area contributed by atoms with Gasteiger partial charge < -0.3 is 4.42 Å². The molecule has 8 aromatic carbocycles. The van der Waals surface area contributed by atoms with Crippen LogP contribution in [0.1, 0.15) is 22.3 Å². The van der Waals surface area contributed by atoms with Gasteiger partial charge in [-0.3, -0.25) is 0 Å². The summed E-state index contributed by atoms with van der Waals surface area (Å²) >= 11 is 0. The number of para-hydroxylation sites is 2. The lowest BCUT2D eigenvalue weighted by Gasteiger charge is -2.34. The molecular weight excluding hydrogens is 679 g/mol. The first-order valence-electron chi connectivity index (χ1n) is 19.2. The van der Waals surface area contributed by atoms with Crippen LogP contribution in [0.5, 0.6) is 0 Å². The van der Waals surface area contributed by atoms with Crippen molar-refractivity contribution in [3.05, 3.63) is 235 Å². The van der Waals surface area contributed by atoms with Crippen LogP contribution in [0, 0.1) is 0 Å². The van der Waals surface area contributed by atoms with Crippen LogP contribution in [0.25, 0.3) is 77.8 Å². The van der Waals surface area contributed by atoms with Gasteiger partial charge in [0, 0.05) is 27.5 Å². The molecule has 0 saturated carbocycles. The molecule has 0 saturated heterocycles. The van der Waals surface area contributed by atoms with Crippen LogP contribution in [0.15, 0.2) is 217 Å². The van der Waals surface area contributed by atoms with E-state index in [0.717, 1.165) is 66.7 Å². The van der Waals surface area contributed by atoms with E-state index >= 15 is 0 Å². The molecule has 11 rings (SSSR count). The summed E-state index contributed by atoms with van der Waals surface area (Å²) in [5, 5.41) is 2.21. The maximum Gasteiger partial charge on any atom is 0.143 e. The van der Waals surface area contributed by atoms with Crippen molar-refractivity contribution >= 4 is 21.9 Å². The summed E-state index contributed by atoms with van der Waals surface area (Å²) in [7, 11) is 0. The predicted molar refractivity (Wildman–Crippen MR) is 231 cm³/mol. The molecule has 0 N–H and O–H groups in total. The summed E-state index contributed by atoms with van der Waals surface area (Å²) in [6.07, 6.45) is 0. The molecule has 0 radical (unpaired) electrons. The first-order valence-corrected chi connectivity index (χ1v) is 19.2. The first-order chi connectivity index (χ1) is 27.8. The largest absolute Gasteiger partial charge is 0.455 e. The predicted octanol–water partition coefficient (Wildman–Crippen LogP) is 14.0. The Morgan fingerprint density at radius 2 is 0.911 bits per heavy atom. The number of benzene rings is 8. The molecule has 1 aliphatic rings. The highest BCUT2D eigenvalue weighted by atomic mass is 16.3. The van der Waals surface area contributed by atoms with Gasteiger partial charge in [0.25, 0.3) is 0 Å². The number of fused-ring (bicyclic) bond motifs is 6. The zero-order chi connectivity index (χ0) is 37.1. The minimum Gasteiger partial charge on any atom is -0.455 e. The number of rotatable bonds is 6. The number of hydrogen-bond donors (Lipinski definition) is 0. The molecule has 262 valence electrons. The van der Waals surface area contributed by atoms with E-state index in [9.17, 15) is 0 Å². The lowest BCUT2D eigenvalue weighted by molar-refractivity contribution is 0.670. The average Bonchev–Trinajstić information content (AvgIpc) is 3.81. The Morgan fingerprint density at radius 1 is 0.339 bits per heavy atom. The van der Waals surface area contributed by atoms with Crippen molar-refractivity contribution in [1.29, 1.82) is 0 Å². The first kappa shape index (κ1) is 32.2. The Morgan fingerprint density at radius 3 is 1.64 bits per heavy atom. The molecule has 0 spiro atoms. The van der Waals surface area contributed by atoms with Crippen LogP contribution in [0.4, 0.5) is 0 Å². The summed E-state index contributed by atoms with van der Waals surface area (Å²) in [6, 6.07) is 76.3. The third-order valence-corrected chi connectivity index (χ3v) is 11.6. The van der Waals surface area contributed by atoms with Gasteiger partial charge in [0.15, 0.2) is 0 Å². The zero-order valence-corrected chi connectivity index (χ0v) is 30.6. The van der Waals surface area contributed by atoms with Crippen LogP contribution in [-0.2, 0) is 5.41 Å². The van der Waals surface area contributed by atoms with Crippen LogP contribution < -0.4 is 0 Å². The Labute approximate surface area is 326 Å². The van der Waals surface area contributed by atoms with Crippen molar-refractivity contribution in [2.45, 2.75) is 5.41 Å². The summed E-state index contributed by atoms with van der Waals surface area (Å²) in [5.41, 5.74) is 16.9. The summed E-state index contributed by atoms with van der Waals surface area (Å²) in [4.78, 5) is 5.55. The molecule has 0 aliphatic heterocycles. The zero-order valence-electron chi connectivity index (χ0n) is 30.6. The SMILES string of the molecule is c1ccc(-c2cc(-c3ccccc3)nc(-c3cc4c(cc3-c3cccc5c3oc3ccccc35)-c3ccccc3C4(c3ccccc3)c3ccccc3)c2)cc1. The molecule has 2 nitrogen and oxygen atoms in total. The minimum absolute atomic E-state index is 0.563. The molecule has 56 heavy (non-hydrogen) atoms. The molecule has 0 unspecified atom stereocenters. The molecule has 0 bridgehead atoms. The fraction of sp³-hybridized carbons (Fsp3) is 0.0185. The fourth-order valence-electron chi connectivity index (χ4n) is 9.10. The van der Waals surface area contributed by atoms with Crippen molar-refractivity contribution in [2.75, 3.05) is 0 Å². The maximum absolute atomic E-state index is 6.76. The van der Waals surface area contributed by atoms with Crippen LogP contribution in [0.2, 0.25) is 0 Å². The van der Waals surface area contributed by atoms with E-state index in [-0.39, 0.29) is 0 Å². The topological polar surface area (TPSA) is 26.0 Å². The van der Waals surface area contributed by atoms with Gasteiger partial charge >= 0.3 is 0 Å². The highest BCUT2D eigenvalue weighted by Gasteiger charge is 2.46. The average molecular weight is 714 g/mol. The molecular formula is C54H35NO. The second-order valence-electron chi connectivity index (χ2n) is 14.6. The molecule has 10 aromatic rings. The van der Waals surface area contributed by atoms with Crippen molar-refractivity contribution in [2.24, 2.45) is 0 Å². The second kappa shape index (κ2) is 12.9. The lowest BCUT2D eigenvalue weighted by atomic mass is 9.67. The molecule has 1 aliphatic carbocycles. The highest BCUT2D eigenvalue weighted by Crippen LogP contribution is 2.58. The molecule has 2 aromatic heterocycles. The highest BCUT2D eigenvalue weighted by molar-refractivity contribution is 6.11.